The van der Waals surface area contributed by atoms with Gasteiger partial charge in [-0.3, -0.25) is 9.88 Å². The zero-order valence-electron chi connectivity index (χ0n) is 21.2. The molecule has 0 bridgehead atoms. The highest BCUT2D eigenvalue weighted by Crippen LogP contribution is 2.50. The Morgan fingerprint density at radius 3 is 2.51 bits per heavy atom. The summed E-state index contributed by atoms with van der Waals surface area (Å²) in [4.78, 5) is 24.5. The first-order valence-corrected chi connectivity index (χ1v) is 13.9. The van der Waals surface area contributed by atoms with Crippen molar-refractivity contribution in [1.29, 1.82) is 0 Å². The molecular weight excluding hydrogens is 490 g/mol. The molecule has 194 valence electrons. The van der Waals surface area contributed by atoms with Gasteiger partial charge in [-0.25, -0.2) is 22.9 Å². The van der Waals surface area contributed by atoms with Gasteiger partial charge >= 0.3 is 6.03 Å². The van der Waals surface area contributed by atoms with Gasteiger partial charge in [0.2, 0.25) is 15.9 Å². The number of pyridine rings is 2. The van der Waals surface area contributed by atoms with Crippen LogP contribution < -0.4 is 19.7 Å². The second-order valence-corrected chi connectivity index (χ2v) is 11.7. The van der Waals surface area contributed by atoms with Crippen LogP contribution in [-0.2, 0) is 22.0 Å². The van der Waals surface area contributed by atoms with Crippen molar-refractivity contribution in [3.05, 3.63) is 71.2 Å². The van der Waals surface area contributed by atoms with E-state index < -0.39 is 10.0 Å². The van der Waals surface area contributed by atoms with Gasteiger partial charge in [-0.05, 0) is 69.1 Å². The number of nitrogens with one attached hydrogen (secondary N) is 2. The van der Waals surface area contributed by atoms with Crippen molar-refractivity contribution in [2.24, 2.45) is 0 Å². The Bertz CT molecular complexity index is 1430. The van der Waals surface area contributed by atoms with Crippen molar-refractivity contribution in [3.63, 3.8) is 0 Å². The lowest BCUT2D eigenvalue weighted by Gasteiger charge is -2.24. The number of amides is 2. The van der Waals surface area contributed by atoms with Crippen LogP contribution in [0, 0.1) is 13.8 Å². The number of carbonyl (C=O) groups is 1. The van der Waals surface area contributed by atoms with Gasteiger partial charge in [-0.2, -0.15) is 0 Å². The number of urea groups is 1. The topological polar surface area (TPSA) is 114 Å². The Morgan fingerprint density at radius 1 is 1.11 bits per heavy atom. The van der Waals surface area contributed by atoms with Gasteiger partial charge in [0, 0.05) is 30.3 Å². The van der Waals surface area contributed by atoms with E-state index in [-0.39, 0.29) is 22.9 Å². The summed E-state index contributed by atoms with van der Waals surface area (Å²) in [6, 6.07) is 11.9. The minimum atomic E-state index is -3.50. The lowest BCUT2D eigenvalue weighted by atomic mass is 9.84. The third-order valence-electron chi connectivity index (χ3n) is 7.27. The number of fused-ring (bicyclic) bond motifs is 2. The summed E-state index contributed by atoms with van der Waals surface area (Å²) in [5, 5.41) is 2.98. The molecular formula is C27H31N5O4S. The molecule has 1 aliphatic heterocycles. The molecule has 1 spiro atoms. The third kappa shape index (κ3) is 4.91. The van der Waals surface area contributed by atoms with Gasteiger partial charge in [0.25, 0.3) is 0 Å². The molecule has 1 saturated carbocycles. The monoisotopic (exact) mass is 521 g/mol. The lowest BCUT2D eigenvalue weighted by Crippen LogP contribution is -2.41. The molecule has 37 heavy (non-hydrogen) atoms. The van der Waals surface area contributed by atoms with Gasteiger partial charge in [-0.1, -0.05) is 25.0 Å². The van der Waals surface area contributed by atoms with Crippen LogP contribution in [0.15, 0.2) is 53.6 Å². The van der Waals surface area contributed by atoms with Crippen LogP contribution in [0.3, 0.4) is 0 Å². The number of sulfonamides is 1. The molecule has 2 N–H and O–H groups in total. The first-order valence-electron chi connectivity index (χ1n) is 12.4. The highest BCUT2D eigenvalue weighted by Gasteiger charge is 2.48. The summed E-state index contributed by atoms with van der Waals surface area (Å²) in [7, 11) is -2.13. The van der Waals surface area contributed by atoms with Crippen LogP contribution in [0.5, 0.6) is 11.6 Å². The van der Waals surface area contributed by atoms with Gasteiger partial charge in [0.05, 0.1) is 22.5 Å². The predicted molar refractivity (Wildman–Crippen MR) is 140 cm³/mol. The minimum Gasteiger partial charge on any atom is -0.437 e. The molecule has 2 amide bonds. The SMILES string of the molecule is CNS(=O)(=O)c1ccc(CNC(=O)N2CC3(CCCC3)c3nc(Oc4cnc(C)cc4C)ccc32)cc1. The number of anilines is 1. The van der Waals surface area contributed by atoms with Crippen molar-refractivity contribution in [2.45, 2.75) is 56.4 Å². The quantitative estimate of drug-likeness (QED) is 0.499. The fourth-order valence-corrected chi connectivity index (χ4v) is 6.00. The average molecular weight is 522 g/mol. The molecule has 0 radical (unpaired) electrons. The van der Waals surface area contributed by atoms with E-state index in [0.29, 0.717) is 18.2 Å². The zero-order chi connectivity index (χ0) is 26.2. The smallest absolute Gasteiger partial charge is 0.322 e. The second kappa shape index (κ2) is 9.75. The van der Waals surface area contributed by atoms with Gasteiger partial charge in [0.1, 0.15) is 0 Å². The van der Waals surface area contributed by atoms with Gasteiger partial charge in [-0.15, -0.1) is 0 Å². The van der Waals surface area contributed by atoms with Crippen molar-refractivity contribution in [2.75, 3.05) is 18.5 Å². The summed E-state index contributed by atoms with van der Waals surface area (Å²) < 4.78 is 32.3. The Labute approximate surface area is 217 Å². The molecule has 10 heteroatoms. The van der Waals surface area contributed by atoms with E-state index in [9.17, 15) is 13.2 Å². The standard InChI is InChI=1S/C27H31N5O4S/c1-18-14-19(2)29-16-23(18)36-24-11-10-22-25(31-24)27(12-4-5-13-27)17-32(22)26(33)30-15-20-6-8-21(9-7-20)37(34,35)28-3/h6-11,14,16,28H,4-5,12-13,15,17H2,1-3H3,(H,30,33). The Morgan fingerprint density at radius 2 is 1.84 bits per heavy atom. The molecule has 9 nitrogen and oxygen atoms in total. The van der Waals surface area contributed by atoms with E-state index in [0.717, 1.165) is 53.9 Å². The normalized spacial score (nSPS) is 16.1. The largest absolute Gasteiger partial charge is 0.437 e. The van der Waals surface area contributed by atoms with Crippen LogP contribution in [0.1, 0.15) is 48.2 Å². The summed E-state index contributed by atoms with van der Waals surface area (Å²) in [5.74, 6) is 1.16. The molecule has 0 unspecified atom stereocenters. The minimum absolute atomic E-state index is 0.171. The second-order valence-electron chi connectivity index (χ2n) is 9.79. The van der Waals surface area contributed by atoms with Gasteiger partial charge in [0.15, 0.2) is 5.75 Å². The lowest BCUT2D eigenvalue weighted by molar-refractivity contribution is 0.245. The predicted octanol–water partition coefficient (Wildman–Crippen LogP) is 4.34. The van der Waals surface area contributed by atoms with Crippen LogP contribution in [0.2, 0.25) is 0 Å². The maximum Gasteiger partial charge on any atom is 0.322 e. The summed E-state index contributed by atoms with van der Waals surface area (Å²) >= 11 is 0. The number of hydrogen-bond acceptors (Lipinski definition) is 6. The highest BCUT2D eigenvalue weighted by molar-refractivity contribution is 7.89. The molecule has 0 saturated heterocycles. The zero-order valence-corrected chi connectivity index (χ0v) is 22.1. The fourth-order valence-electron chi connectivity index (χ4n) is 5.27. The molecule has 1 fully saturated rings. The number of carbonyl (C=O) groups excluding carboxylic acids is 1. The molecule has 1 aliphatic carbocycles. The number of nitrogens with zero attached hydrogens (tertiary/aromatic N) is 3. The molecule has 0 atom stereocenters. The number of ether oxygens (including phenoxy) is 1. The van der Waals surface area contributed by atoms with E-state index in [4.69, 9.17) is 9.72 Å². The third-order valence-corrected chi connectivity index (χ3v) is 8.70. The first-order chi connectivity index (χ1) is 17.7. The molecule has 3 heterocycles. The van der Waals surface area contributed by atoms with Crippen LogP contribution in [0.25, 0.3) is 0 Å². The van der Waals surface area contributed by atoms with Crippen molar-refractivity contribution in [1.82, 2.24) is 20.0 Å². The Hall–Kier alpha value is -3.50. The maximum absolute atomic E-state index is 13.3. The van der Waals surface area contributed by atoms with Crippen molar-refractivity contribution >= 4 is 21.7 Å². The number of benzene rings is 1. The number of rotatable bonds is 6. The van der Waals surface area contributed by atoms with Crippen LogP contribution in [-0.4, -0.2) is 38.0 Å². The van der Waals surface area contributed by atoms with Crippen LogP contribution in [0.4, 0.5) is 10.5 Å². The number of aryl methyl sites for hydroxylation is 2. The first kappa shape index (κ1) is 25.2. The summed E-state index contributed by atoms with van der Waals surface area (Å²) in [6.07, 6.45) is 5.87. The summed E-state index contributed by atoms with van der Waals surface area (Å²) in [5.41, 5.74) is 4.27. The number of aromatic nitrogens is 2. The average Bonchev–Trinajstić information content (AvgIpc) is 3.50. The highest BCUT2D eigenvalue weighted by atomic mass is 32.2. The molecule has 2 aliphatic rings. The molecule has 3 aromatic rings. The van der Waals surface area contributed by atoms with E-state index in [1.54, 1.807) is 29.3 Å². The van der Waals surface area contributed by atoms with E-state index in [2.05, 4.69) is 15.0 Å². The number of hydrogen-bond donors (Lipinski definition) is 2. The van der Waals surface area contributed by atoms with Crippen LogP contribution >= 0.6 is 0 Å². The Balaban J connectivity index is 1.34. The molecule has 1 aromatic carbocycles. The van der Waals surface area contributed by atoms with Crippen molar-refractivity contribution in [3.8, 4) is 11.6 Å². The fraction of sp³-hybridized carbons (Fsp3) is 0.370. The maximum atomic E-state index is 13.3. The van der Waals surface area contributed by atoms with E-state index >= 15 is 0 Å². The Kier molecular flexibility index (Phi) is 6.63. The molecule has 5 rings (SSSR count). The molecule has 2 aromatic heterocycles. The van der Waals surface area contributed by atoms with E-state index in [1.807, 2.05) is 26.0 Å². The van der Waals surface area contributed by atoms with Gasteiger partial charge < -0.3 is 10.1 Å². The van der Waals surface area contributed by atoms with E-state index in [1.165, 1.54) is 19.2 Å². The van der Waals surface area contributed by atoms with Crippen molar-refractivity contribution < 1.29 is 17.9 Å². The summed E-state index contributed by atoms with van der Waals surface area (Å²) in [6.45, 7) is 4.79.